The number of nitrogens with zero attached hydrogens (tertiary/aromatic N) is 2. The van der Waals surface area contributed by atoms with Crippen LogP contribution in [0.15, 0.2) is 18.3 Å². The van der Waals surface area contributed by atoms with Gasteiger partial charge in [-0.1, -0.05) is 0 Å². The summed E-state index contributed by atoms with van der Waals surface area (Å²) in [4.78, 5) is 16.8. The number of rotatable bonds is 4. The highest BCUT2D eigenvalue weighted by atomic mass is 16.5. The first-order valence-corrected chi connectivity index (χ1v) is 4.45. The second kappa shape index (κ2) is 5.19. The summed E-state index contributed by atoms with van der Waals surface area (Å²) >= 11 is 0. The minimum atomic E-state index is -0.284. The van der Waals surface area contributed by atoms with Crippen LogP contribution >= 0.6 is 0 Å². The summed E-state index contributed by atoms with van der Waals surface area (Å²) in [5.41, 5.74) is 0.854. The second-order valence-corrected chi connectivity index (χ2v) is 2.99. The molecule has 0 saturated carbocycles. The van der Waals surface area contributed by atoms with Crippen LogP contribution in [0.2, 0.25) is 0 Å². The minimum Gasteiger partial charge on any atom is -0.481 e. The monoisotopic (exact) mass is 210 g/mol. The summed E-state index contributed by atoms with van der Waals surface area (Å²) in [5, 5.41) is 0. The van der Waals surface area contributed by atoms with Gasteiger partial charge in [0, 0.05) is 25.0 Å². The number of likely N-dealkylation sites (N-methyl/N-ethyl adjacent to an activating group) is 1. The molecule has 1 rings (SSSR count). The third-order valence-electron chi connectivity index (χ3n) is 1.96. The highest BCUT2D eigenvalue weighted by molar-refractivity contribution is 5.75. The average molecular weight is 210 g/mol. The maximum absolute atomic E-state index is 11.0. The molecule has 0 aromatic carbocycles. The quantitative estimate of drug-likeness (QED) is 0.685. The second-order valence-electron chi connectivity index (χ2n) is 2.99. The van der Waals surface area contributed by atoms with E-state index >= 15 is 0 Å². The Balaban J connectivity index is 2.72. The van der Waals surface area contributed by atoms with Gasteiger partial charge in [0.15, 0.2) is 0 Å². The van der Waals surface area contributed by atoms with Crippen LogP contribution in [0.25, 0.3) is 0 Å². The molecule has 0 N–H and O–H groups in total. The van der Waals surface area contributed by atoms with Gasteiger partial charge in [-0.2, -0.15) is 0 Å². The molecule has 1 heterocycles. The lowest BCUT2D eigenvalue weighted by molar-refractivity contribution is -0.138. The first-order valence-electron chi connectivity index (χ1n) is 4.45. The molecule has 0 spiro atoms. The van der Waals surface area contributed by atoms with Crippen LogP contribution in [0, 0.1) is 0 Å². The fraction of sp³-hybridized carbons (Fsp3) is 0.400. The Morgan fingerprint density at radius 1 is 1.53 bits per heavy atom. The van der Waals surface area contributed by atoms with Crippen LogP contribution in [0.4, 0.5) is 5.69 Å². The predicted octanol–water partition coefficient (Wildman–Crippen LogP) is 0.699. The van der Waals surface area contributed by atoms with E-state index in [1.165, 1.54) is 7.11 Å². The number of hydrogen-bond donors (Lipinski definition) is 0. The molecule has 0 amide bonds. The molecule has 82 valence electrons. The summed E-state index contributed by atoms with van der Waals surface area (Å²) in [5.74, 6) is 0.234. The number of aromatic nitrogens is 1. The first-order chi connectivity index (χ1) is 7.17. The number of hydrogen-bond acceptors (Lipinski definition) is 5. The Bertz CT molecular complexity index is 341. The van der Waals surface area contributed by atoms with Crippen molar-refractivity contribution in [3.8, 4) is 5.88 Å². The SMILES string of the molecule is COC(=O)CN(C)c1ccnc(OC)c1. The number of esters is 1. The number of anilines is 1. The van der Waals surface area contributed by atoms with Gasteiger partial charge in [0.25, 0.3) is 0 Å². The molecule has 0 aliphatic heterocycles. The molecule has 15 heavy (non-hydrogen) atoms. The number of carbonyl (C=O) groups is 1. The van der Waals surface area contributed by atoms with Crippen molar-refractivity contribution in [3.05, 3.63) is 18.3 Å². The van der Waals surface area contributed by atoms with Crippen LogP contribution in [0.5, 0.6) is 5.88 Å². The Morgan fingerprint density at radius 2 is 2.27 bits per heavy atom. The Labute approximate surface area is 88.6 Å². The molecule has 5 nitrogen and oxygen atoms in total. The molecule has 0 aliphatic carbocycles. The van der Waals surface area contributed by atoms with Crippen LogP contribution in [-0.2, 0) is 9.53 Å². The third-order valence-corrected chi connectivity index (χ3v) is 1.96. The molecule has 0 unspecified atom stereocenters. The average Bonchev–Trinajstić information content (AvgIpc) is 2.28. The van der Waals surface area contributed by atoms with Gasteiger partial charge in [-0.3, -0.25) is 4.79 Å². The summed E-state index contributed by atoms with van der Waals surface area (Å²) in [6.07, 6.45) is 1.63. The van der Waals surface area contributed by atoms with E-state index in [1.54, 1.807) is 37.4 Å². The van der Waals surface area contributed by atoms with Crippen molar-refractivity contribution in [2.24, 2.45) is 0 Å². The first kappa shape index (κ1) is 11.3. The molecular formula is C10H14N2O3. The van der Waals surface area contributed by atoms with Gasteiger partial charge in [0.2, 0.25) is 5.88 Å². The van der Waals surface area contributed by atoms with E-state index in [-0.39, 0.29) is 12.5 Å². The van der Waals surface area contributed by atoms with Gasteiger partial charge in [-0.05, 0) is 6.07 Å². The minimum absolute atomic E-state index is 0.198. The zero-order valence-corrected chi connectivity index (χ0v) is 9.06. The highest BCUT2D eigenvalue weighted by Gasteiger charge is 2.07. The standard InChI is InChI=1S/C10H14N2O3/c1-12(7-10(13)15-3)8-4-5-11-9(6-8)14-2/h4-6H,7H2,1-3H3. The molecule has 0 bridgehead atoms. The lowest BCUT2D eigenvalue weighted by Gasteiger charge is -2.17. The molecule has 1 aromatic rings. The van der Waals surface area contributed by atoms with E-state index in [4.69, 9.17) is 4.74 Å². The van der Waals surface area contributed by atoms with Crippen LogP contribution in [-0.4, -0.2) is 38.8 Å². The highest BCUT2D eigenvalue weighted by Crippen LogP contribution is 2.16. The Hall–Kier alpha value is -1.78. The largest absolute Gasteiger partial charge is 0.481 e. The van der Waals surface area contributed by atoms with Crippen molar-refractivity contribution in [1.82, 2.24) is 4.98 Å². The van der Waals surface area contributed by atoms with Crippen molar-refractivity contribution in [2.75, 3.05) is 32.7 Å². The van der Waals surface area contributed by atoms with Gasteiger partial charge in [0.1, 0.15) is 6.54 Å². The Kier molecular flexibility index (Phi) is 3.91. The molecule has 0 saturated heterocycles. The van der Waals surface area contributed by atoms with Gasteiger partial charge < -0.3 is 14.4 Å². The Morgan fingerprint density at radius 3 is 2.87 bits per heavy atom. The fourth-order valence-corrected chi connectivity index (χ4v) is 1.10. The molecule has 0 fully saturated rings. The van der Waals surface area contributed by atoms with Crippen molar-refractivity contribution >= 4 is 11.7 Å². The van der Waals surface area contributed by atoms with Crippen LogP contribution in [0.3, 0.4) is 0 Å². The molecule has 0 atom stereocenters. The van der Waals surface area contributed by atoms with E-state index in [0.717, 1.165) is 5.69 Å². The van der Waals surface area contributed by atoms with E-state index in [1.807, 2.05) is 0 Å². The van der Waals surface area contributed by atoms with Crippen molar-refractivity contribution in [3.63, 3.8) is 0 Å². The third kappa shape index (κ3) is 3.12. The molecule has 5 heteroatoms. The van der Waals surface area contributed by atoms with E-state index in [2.05, 4.69) is 9.72 Å². The van der Waals surface area contributed by atoms with Crippen molar-refractivity contribution < 1.29 is 14.3 Å². The molecular weight excluding hydrogens is 196 g/mol. The molecule has 0 aliphatic rings. The smallest absolute Gasteiger partial charge is 0.325 e. The summed E-state index contributed by atoms with van der Waals surface area (Å²) < 4.78 is 9.55. The van der Waals surface area contributed by atoms with Gasteiger partial charge >= 0.3 is 5.97 Å². The lowest BCUT2D eigenvalue weighted by Crippen LogP contribution is -2.26. The number of pyridine rings is 1. The summed E-state index contributed by atoms with van der Waals surface area (Å²) in [6.45, 7) is 0.198. The van der Waals surface area contributed by atoms with Gasteiger partial charge in [0.05, 0.1) is 14.2 Å². The van der Waals surface area contributed by atoms with E-state index in [9.17, 15) is 4.79 Å². The zero-order valence-electron chi connectivity index (χ0n) is 9.06. The maximum atomic E-state index is 11.0. The summed E-state index contributed by atoms with van der Waals surface area (Å²) in [7, 11) is 4.71. The van der Waals surface area contributed by atoms with E-state index < -0.39 is 0 Å². The van der Waals surface area contributed by atoms with Gasteiger partial charge in [-0.25, -0.2) is 4.98 Å². The maximum Gasteiger partial charge on any atom is 0.325 e. The number of ether oxygens (including phenoxy) is 2. The van der Waals surface area contributed by atoms with E-state index in [0.29, 0.717) is 5.88 Å². The molecule has 0 radical (unpaired) electrons. The normalized spacial score (nSPS) is 9.53. The van der Waals surface area contributed by atoms with Crippen molar-refractivity contribution in [2.45, 2.75) is 0 Å². The van der Waals surface area contributed by atoms with Crippen LogP contribution in [0.1, 0.15) is 0 Å². The topological polar surface area (TPSA) is 51.7 Å². The fourth-order valence-electron chi connectivity index (χ4n) is 1.10. The summed E-state index contributed by atoms with van der Waals surface area (Å²) in [6, 6.07) is 3.55. The predicted molar refractivity (Wildman–Crippen MR) is 56.1 cm³/mol. The lowest BCUT2D eigenvalue weighted by atomic mass is 10.3. The van der Waals surface area contributed by atoms with Gasteiger partial charge in [-0.15, -0.1) is 0 Å². The molecule has 1 aromatic heterocycles. The zero-order chi connectivity index (χ0) is 11.3. The number of carbonyl (C=O) groups excluding carboxylic acids is 1. The van der Waals surface area contributed by atoms with Crippen molar-refractivity contribution in [1.29, 1.82) is 0 Å². The number of methoxy groups -OCH3 is 2. The van der Waals surface area contributed by atoms with Crippen LogP contribution < -0.4 is 9.64 Å².